The molecule has 0 atom stereocenters. The van der Waals surface area contributed by atoms with Crippen LogP contribution in [0.5, 0.6) is 5.75 Å². The van der Waals surface area contributed by atoms with Crippen LogP contribution in [-0.4, -0.2) is 58.4 Å². The molecule has 14 heteroatoms. The zero-order valence-corrected chi connectivity index (χ0v) is 22.4. The minimum Gasteiger partial charge on any atom is -0.435 e. The lowest BCUT2D eigenvalue weighted by atomic mass is 9.97. The van der Waals surface area contributed by atoms with Crippen molar-refractivity contribution in [1.29, 1.82) is 0 Å². The largest absolute Gasteiger partial charge is 0.435 e. The number of aromatic amines is 1. The maximum absolute atomic E-state index is 13.4. The average Bonchev–Trinajstić information content (AvgIpc) is 3.72. The van der Waals surface area contributed by atoms with Crippen molar-refractivity contribution in [2.24, 2.45) is 13.0 Å². The number of aromatic nitrogens is 2. The van der Waals surface area contributed by atoms with E-state index in [1.54, 1.807) is 6.20 Å². The highest BCUT2D eigenvalue weighted by Crippen LogP contribution is 2.34. The number of benzene rings is 1. The number of nitrogens with one attached hydrogen (secondary N) is 3. The van der Waals surface area contributed by atoms with Crippen LogP contribution in [0.4, 0.5) is 23.4 Å². The second-order valence-electron chi connectivity index (χ2n) is 10.5. The van der Waals surface area contributed by atoms with E-state index in [9.17, 15) is 36.7 Å². The van der Waals surface area contributed by atoms with Gasteiger partial charge in [0.2, 0.25) is 5.56 Å². The molecule has 0 bridgehead atoms. The zero-order valence-electron chi connectivity index (χ0n) is 22.4. The van der Waals surface area contributed by atoms with Crippen molar-refractivity contribution < 1.29 is 31.9 Å². The van der Waals surface area contributed by atoms with Gasteiger partial charge in [-0.2, -0.15) is 8.78 Å². The van der Waals surface area contributed by atoms with E-state index in [2.05, 4.69) is 20.4 Å². The van der Waals surface area contributed by atoms with Crippen LogP contribution in [0.25, 0.3) is 11.1 Å². The lowest BCUT2D eigenvalue weighted by Crippen LogP contribution is -2.58. The van der Waals surface area contributed by atoms with Gasteiger partial charge in [-0.15, -0.1) is 0 Å². The number of amides is 2. The van der Waals surface area contributed by atoms with Crippen molar-refractivity contribution in [3.63, 3.8) is 0 Å². The van der Waals surface area contributed by atoms with Crippen LogP contribution < -0.4 is 26.5 Å². The Morgan fingerprint density at radius 3 is 2.50 bits per heavy atom. The van der Waals surface area contributed by atoms with Gasteiger partial charge in [0.05, 0.1) is 18.7 Å². The van der Waals surface area contributed by atoms with Crippen molar-refractivity contribution in [1.82, 2.24) is 19.8 Å². The number of hydrogen-bond acceptors (Lipinski definition) is 6. The van der Waals surface area contributed by atoms with Gasteiger partial charge in [0, 0.05) is 25.9 Å². The van der Waals surface area contributed by atoms with E-state index in [1.165, 1.54) is 42.7 Å². The van der Waals surface area contributed by atoms with Crippen molar-refractivity contribution in [2.45, 2.75) is 31.9 Å². The molecule has 3 heterocycles. The zero-order chi connectivity index (χ0) is 30.2. The van der Waals surface area contributed by atoms with Crippen molar-refractivity contribution in [2.75, 3.05) is 25.0 Å². The Morgan fingerprint density at radius 2 is 1.83 bits per heavy atom. The summed E-state index contributed by atoms with van der Waals surface area (Å²) in [5, 5.41) is 5.78. The van der Waals surface area contributed by atoms with Crippen LogP contribution in [0.2, 0.25) is 0 Å². The Balaban J connectivity index is 1.43. The number of ether oxygens (including phenoxy) is 1. The summed E-state index contributed by atoms with van der Waals surface area (Å²) in [5.74, 6) is -4.62. The number of nitrogens with zero attached hydrogens (tertiary/aromatic N) is 2. The first kappa shape index (κ1) is 29.0. The van der Waals surface area contributed by atoms with E-state index >= 15 is 0 Å². The molecule has 1 aromatic carbocycles. The van der Waals surface area contributed by atoms with Crippen LogP contribution in [0, 0.1) is 5.92 Å². The molecule has 1 saturated carbocycles. The van der Waals surface area contributed by atoms with E-state index in [1.807, 2.05) is 0 Å². The summed E-state index contributed by atoms with van der Waals surface area (Å²) in [6, 6.07) is 7.19. The van der Waals surface area contributed by atoms with Crippen LogP contribution in [0.15, 0.2) is 52.2 Å². The Kier molecular flexibility index (Phi) is 7.91. The number of pyridine rings is 2. The lowest BCUT2D eigenvalue weighted by Gasteiger charge is -2.39. The minimum absolute atomic E-state index is 0.0538. The fraction of sp³-hybridized carbons (Fsp3) is 0.357. The van der Waals surface area contributed by atoms with Gasteiger partial charge in [-0.3, -0.25) is 19.2 Å². The molecule has 2 aliphatic rings. The van der Waals surface area contributed by atoms with Crippen molar-refractivity contribution in [3.8, 4) is 16.9 Å². The number of rotatable bonds is 10. The average molecular weight is 590 g/mol. The van der Waals surface area contributed by atoms with Gasteiger partial charge in [-0.25, -0.2) is 8.78 Å². The van der Waals surface area contributed by atoms with Gasteiger partial charge < -0.3 is 29.8 Å². The van der Waals surface area contributed by atoms with Crippen molar-refractivity contribution in [3.05, 3.63) is 80.0 Å². The highest BCUT2D eigenvalue weighted by Gasteiger charge is 2.46. The maximum Gasteiger partial charge on any atom is 0.387 e. The first-order valence-corrected chi connectivity index (χ1v) is 13.1. The highest BCUT2D eigenvalue weighted by molar-refractivity contribution is 6.04. The highest BCUT2D eigenvalue weighted by atomic mass is 19.3. The molecule has 42 heavy (non-hydrogen) atoms. The summed E-state index contributed by atoms with van der Waals surface area (Å²) >= 11 is 0. The SMILES string of the molecule is Cn1cc(CNCC2CC2)cc(C(=O)Nc2cc(-c3ccc(OC(F)F)cc3C(=O)N3CC(F)(F)C3)cc(=O)[nH]2)c1=O. The van der Waals surface area contributed by atoms with Crippen LogP contribution >= 0.6 is 0 Å². The molecule has 222 valence electrons. The molecule has 2 aromatic heterocycles. The Morgan fingerprint density at radius 1 is 1.10 bits per heavy atom. The van der Waals surface area contributed by atoms with Crippen molar-refractivity contribution >= 4 is 17.6 Å². The summed E-state index contributed by atoms with van der Waals surface area (Å²) in [4.78, 5) is 54.7. The van der Waals surface area contributed by atoms with E-state index in [4.69, 9.17) is 0 Å². The number of likely N-dealkylation sites (tertiary alicyclic amines) is 1. The minimum atomic E-state index is -3.20. The number of H-pyrrole nitrogens is 1. The molecule has 1 aliphatic heterocycles. The third kappa shape index (κ3) is 6.70. The van der Waals surface area contributed by atoms with Crippen LogP contribution in [0.3, 0.4) is 0 Å². The lowest BCUT2D eigenvalue weighted by molar-refractivity contribution is -0.113. The molecule has 10 nitrogen and oxygen atoms in total. The fourth-order valence-corrected chi connectivity index (χ4v) is 4.69. The predicted molar refractivity (Wildman–Crippen MR) is 144 cm³/mol. The molecule has 1 saturated heterocycles. The van der Waals surface area contributed by atoms with Gasteiger partial charge in [0.25, 0.3) is 23.3 Å². The van der Waals surface area contributed by atoms with Gasteiger partial charge >= 0.3 is 6.61 Å². The maximum atomic E-state index is 13.4. The monoisotopic (exact) mass is 589 g/mol. The summed E-state index contributed by atoms with van der Waals surface area (Å²) in [6.45, 7) is -3.63. The Hall–Kier alpha value is -4.46. The Labute approximate surface area is 236 Å². The number of hydrogen-bond donors (Lipinski definition) is 3. The molecule has 2 amide bonds. The van der Waals surface area contributed by atoms with Crippen LogP contribution in [-0.2, 0) is 13.6 Å². The molecule has 1 aliphatic carbocycles. The first-order chi connectivity index (χ1) is 19.9. The summed E-state index contributed by atoms with van der Waals surface area (Å²) in [7, 11) is 1.51. The molecule has 0 unspecified atom stereocenters. The van der Waals surface area contributed by atoms with Gasteiger partial charge in [0.15, 0.2) is 0 Å². The number of aryl methyl sites for hydroxylation is 1. The second kappa shape index (κ2) is 11.4. The summed E-state index contributed by atoms with van der Waals surface area (Å²) in [5.41, 5.74) is -0.848. The third-order valence-electron chi connectivity index (χ3n) is 6.93. The first-order valence-electron chi connectivity index (χ1n) is 13.1. The quantitative estimate of drug-likeness (QED) is 0.312. The standard InChI is InChI=1S/C28H27F4N5O5/c1-36-12-16(11-33-10-15-2-3-15)6-21(25(36)40)24(39)35-22-7-17(8-23(38)34-22)19-5-4-18(42-27(29)30)9-20(19)26(41)37-13-28(31,32)14-37/h4-9,12,15,27,33H,2-3,10-11,13-14H2,1H3,(H2,34,35,38,39). The number of alkyl halides is 4. The van der Waals surface area contributed by atoms with Gasteiger partial charge in [-0.1, -0.05) is 0 Å². The van der Waals surface area contributed by atoms with E-state index < -0.39 is 48.6 Å². The number of carbonyl (C=O) groups is 2. The summed E-state index contributed by atoms with van der Waals surface area (Å²) < 4.78 is 58.2. The van der Waals surface area contributed by atoms with E-state index in [-0.39, 0.29) is 33.8 Å². The molecule has 3 N–H and O–H groups in total. The van der Waals surface area contributed by atoms with E-state index in [0.717, 1.165) is 29.6 Å². The molecule has 2 fully saturated rings. The fourth-order valence-electron chi connectivity index (χ4n) is 4.69. The summed E-state index contributed by atoms with van der Waals surface area (Å²) in [6.07, 6.45) is 3.96. The van der Waals surface area contributed by atoms with E-state index in [0.29, 0.717) is 18.0 Å². The topological polar surface area (TPSA) is 126 Å². The normalized spacial score (nSPS) is 15.8. The second-order valence-corrected chi connectivity index (χ2v) is 10.5. The molecule has 3 aromatic rings. The number of halogens is 4. The third-order valence-corrected chi connectivity index (χ3v) is 6.93. The van der Waals surface area contributed by atoms with Gasteiger partial charge in [-0.05, 0) is 72.3 Å². The smallest absolute Gasteiger partial charge is 0.387 e. The molecule has 0 radical (unpaired) electrons. The molecule has 5 rings (SSSR count). The number of carbonyl (C=O) groups excluding carboxylic acids is 2. The number of anilines is 1. The molecule has 0 spiro atoms. The predicted octanol–water partition coefficient (Wildman–Crippen LogP) is 3.19. The van der Waals surface area contributed by atoms with Gasteiger partial charge in [0.1, 0.15) is 17.1 Å². The van der Waals surface area contributed by atoms with Crippen LogP contribution in [0.1, 0.15) is 39.1 Å². The molecular formula is C28H27F4N5O5. The Bertz CT molecular complexity index is 1640. The molecular weight excluding hydrogens is 562 g/mol.